The number of nitrogens with one attached hydrogen (secondary N) is 1. The highest BCUT2D eigenvalue weighted by Gasteiger charge is 2.13. The first-order valence-corrected chi connectivity index (χ1v) is 6.17. The summed E-state index contributed by atoms with van der Waals surface area (Å²) in [6.45, 7) is 8.89. The first-order valence-electron chi connectivity index (χ1n) is 6.17. The quantitative estimate of drug-likeness (QED) is 0.847. The van der Waals surface area contributed by atoms with E-state index in [4.69, 9.17) is 0 Å². The summed E-state index contributed by atoms with van der Waals surface area (Å²) in [5.41, 5.74) is 1.71. The fourth-order valence-electron chi connectivity index (χ4n) is 1.64. The van der Waals surface area contributed by atoms with Crippen molar-refractivity contribution < 1.29 is 4.39 Å². The predicted octanol–water partition coefficient (Wildman–Crippen LogP) is 3.17. The van der Waals surface area contributed by atoms with Gasteiger partial charge in [-0.1, -0.05) is 19.9 Å². The van der Waals surface area contributed by atoms with E-state index in [0.717, 1.165) is 11.3 Å². The second-order valence-corrected chi connectivity index (χ2v) is 4.98. The summed E-state index contributed by atoms with van der Waals surface area (Å²) >= 11 is 0. The van der Waals surface area contributed by atoms with Gasteiger partial charge in [0, 0.05) is 36.9 Å². The Kier molecular flexibility index (Phi) is 4.94. The van der Waals surface area contributed by atoms with Crippen LogP contribution in [0.5, 0.6) is 0 Å². The number of nitrogens with zero attached hydrogens (tertiary/aromatic N) is 1. The number of hydrogen-bond acceptors (Lipinski definition) is 2. The summed E-state index contributed by atoms with van der Waals surface area (Å²) in [5, 5.41) is 3.27. The lowest BCUT2D eigenvalue weighted by molar-refractivity contribution is 0.551. The van der Waals surface area contributed by atoms with Crippen LogP contribution in [0.25, 0.3) is 0 Å². The van der Waals surface area contributed by atoms with Crippen LogP contribution in [0.4, 0.5) is 10.1 Å². The van der Waals surface area contributed by atoms with Crippen molar-refractivity contribution in [2.24, 2.45) is 0 Å². The van der Waals surface area contributed by atoms with Crippen LogP contribution >= 0.6 is 0 Å². The number of hydrogen-bond donors (Lipinski definition) is 1. The first-order chi connectivity index (χ1) is 7.93. The monoisotopic (exact) mass is 238 g/mol. The maximum absolute atomic E-state index is 13.9. The van der Waals surface area contributed by atoms with Gasteiger partial charge in [-0.2, -0.15) is 0 Å². The molecule has 0 amide bonds. The van der Waals surface area contributed by atoms with Crippen LogP contribution in [0.15, 0.2) is 18.2 Å². The van der Waals surface area contributed by atoms with Gasteiger partial charge in [-0.25, -0.2) is 4.39 Å². The molecule has 0 aliphatic rings. The molecule has 0 heterocycles. The predicted molar refractivity (Wildman–Crippen MR) is 71.9 cm³/mol. The summed E-state index contributed by atoms with van der Waals surface area (Å²) in [6, 6.07) is 5.97. The molecule has 3 heteroatoms. The number of halogens is 1. The van der Waals surface area contributed by atoms with Crippen LogP contribution in [0.3, 0.4) is 0 Å². The molecule has 1 aromatic carbocycles. The van der Waals surface area contributed by atoms with Gasteiger partial charge in [0.15, 0.2) is 0 Å². The van der Waals surface area contributed by atoms with E-state index in [1.54, 1.807) is 6.07 Å². The van der Waals surface area contributed by atoms with E-state index >= 15 is 0 Å². The molecule has 0 atom stereocenters. The highest BCUT2D eigenvalue weighted by molar-refractivity contribution is 5.54. The average Bonchev–Trinajstić information content (AvgIpc) is 2.25. The standard InChI is InChI=1S/C14H23FN2/c1-10(2)16-9-12-13(15)7-6-8-14(12)17(5)11(3)4/h6-8,10-11,16H,9H2,1-5H3. The highest BCUT2D eigenvalue weighted by atomic mass is 19.1. The topological polar surface area (TPSA) is 15.3 Å². The van der Waals surface area contributed by atoms with E-state index < -0.39 is 0 Å². The molecule has 0 spiro atoms. The molecule has 0 fully saturated rings. The van der Waals surface area contributed by atoms with E-state index in [2.05, 4.69) is 37.9 Å². The van der Waals surface area contributed by atoms with Crippen LogP contribution in [0.1, 0.15) is 33.3 Å². The van der Waals surface area contributed by atoms with Gasteiger partial charge in [0.25, 0.3) is 0 Å². The Hall–Kier alpha value is -1.09. The van der Waals surface area contributed by atoms with Crippen LogP contribution in [-0.2, 0) is 6.54 Å². The van der Waals surface area contributed by atoms with E-state index in [1.807, 2.05) is 13.1 Å². The molecule has 0 aromatic heterocycles. The molecule has 0 aliphatic heterocycles. The largest absolute Gasteiger partial charge is 0.372 e. The zero-order valence-electron chi connectivity index (χ0n) is 11.4. The summed E-state index contributed by atoms with van der Waals surface area (Å²) in [4.78, 5) is 2.10. The Morgan fingerprint density at radius 3 is 2.41 bits per heavy atom. The number of anilines is 1. The SMILES string of the molecule is CC(C)NCc1c(F)cccc1N(C)C(C)C. The molecule has 96 valence electrons. The van der Waals surface area contributed by atoms with Gasteiger partial charge in [0.1, 0.15) is 5.82 Å². The van der Waals surface area contributed by atoms with Crippen molar-refractivity contribution in [1.29, 1.82) is 0 Å². The van der Waals surface area contributed by atoms with Crippen LogP contribution in [0.2, 0.25) is 0 Å². The van der Waals surface area contributed by atoms with E-state index in [0.29, 0.717) is 18.6 Å². The maximum Gasteiger partial charge on any atom is 0.129 e. The van der Waals surface area contributed by atoms with Crippen molar-refractivity contribution >= 4 is 5.69 Å². The van der Waals surface area contributed by atoms with Crippen LogP contribution in [0, 0.1) is 5.82 Å². The molecular weight excluding hydrogens is 215 g/mol. The van der Waals surface area contributed by atoms with Gasteiger partial charge in [-0.3, -0.25) is 0 Å². The normalized spacial score (nSPS) is 11.3. The van der Waals surface area contributed by atoms with Crippen molar-refractivity contribution in [1.82, 2.24) is 5.32 Å². The minimum atomic E-state index is -0.136. The van der Waals surface area contributed by atoms with Crippen molar-refractivity contribution in [3.63, 3.8) is 0 Å². The molecule has 0 saturated carbocycles. The molecular formula is C14H23FN2. The lowest BCUT2D eigenvalue weighted by Gasteiger charge is -2.27. The molecule has 1 aromatic rings. The molecule has 2 nitrogen and oxygen atoms in total. The molecule has 17 heavy (non-hydrogen) atoms. The Balaban J connectivity index is 2.99. The summed E-state index contributed by atoms with van der Waals surface area (Å²) < 4.78 is 13.9. The molecule has 0 aliphatic carbocycles. The van der Waals surface area contributed by atoms with E-state index in [1.165, 1.54) is 6.07 Å². The fourth-order valence-corrected chi connectivity index (χ4v) is 1.64. The zero-order valence-corrected chi connectivity index (χ0v) is 11.4. The Morgan fingerprint density at radius 2 is 1.88 bits per heavy atom. The first kappa shape index (κ1) is 14.0. The smallest absolute Gasteiger partial charge is 0.129 e. The van der Waals surface area contributed by atoms with Gasteiger partial charge in [0.2, 0.25) is 0 Å². The Bertz CT molecular complexity index is 361. The lowest BCUT2D eigenvalue weighted by atomic mass is 10.1. The highest BCUT2D eigenvalue weighted by Crippen LogP contribution is 2.23. The van der Waals surface area contributed by atoms with Gasteiger partial charge < -0.3 is 10.2 Å². The molecule has 1 N–H and O–H groups in total. The minimum absolute atomic E-state index is 0.136. The zero-order chi connectivity index (χ0) is 13.0. The Labute approximate surface area is 104 Å². The van der Waals surface area contributed by atoms with Gasteiger partial charge >= 0.3 is 0 Å². The third-order valence-corrected chi connectivity index (χ3v) is 2.94. The molecule has 1 rings (SSSR count). The lowest BCUT2D eigenvalue weighted by Crippen LogP contribution is -2.29. The molecule has 0 radical (unpaired) electrons. The third-order valence-electron chi connectivity index (χ3n) is 2.94. The third kappa shape index (κ3) is 3.70. The molecule has 0 bridgehead atoms. The molecule has 0 saturated heterocycles. The minimum Gasteiger partial charge on any atom is -0.372 e. The summed E-state index contributed by atoms with van der Waals surface area (Å²) in [7, 11) is 2.00. The van der Waals surface area contributed by atoms with Crippen molar-refractivity contribution in [2.75, 3.05) is 11.9 Å². The summed E-state index contributed by atoms with van der Waals surface area (Å²) in [5.74, 6) is -0.136. The van der Waals surface area contributed by atoms with Crippen molar-refractivity contribution in [3.05, 3.63) is 29.6 Å². The maximum atomic E-state index is 13.9. The second kappa shape index (κ2) is 6.01. The van der Waals surface area contributed by atoms with Crippen molar-refractivity contribution in [3.8, 4) is 0 Å². The van der Waals surface area contributed by atoms with Crippen molar-refractivity contribution in [2.45, 2.75) is 46.3 Å². The van der Waals surface area contributed by atoms with Gasteiger partial charge in [0.05, 0.1) is 0 Å². The Morgan fingerprint density at radius 1 is 1.24 bits per heavy atom. The van der Waals surface area contributed by atoms with Crippen LogP contribution < -0.4 is 10.2 Å². The number of benzene rings is 1. The average molecular weight is 238 g/mol. The van der Waals surface area contributed by atoms with Gasteiger partial charge in [-0.05, 0) is 26.0 Å². The van der Waals surface area contributed by atoms with Crippen LogP contribution in [-0.4, -0.2) is 19.1 Å². The van der Waals surface area contributed by atoms with E-state index in [9.17, 15) is 4.39 Å². The second-order valence-electron chi connectivity index (χ2n) is 4.98. The van der Waals surface area contributed by atoms with Gasteiger partial charge in [-0.15, -0.1) is 0 Å². The van der Waals surface area contributed by atoms with E-state index in [-0.39, 0.29) is 5.82 Å². The molecule has 0 unspecified atom stereocenters. The summed E-state index contributed by atoms with van der Waals surface area (Å²) in [6.07, 6.45) is 0. The number of rotatable bonds is 5. The fraction of sp³-hybridized carbons (Fsp3) is 0.571.